The van der Waals surface area contributed by atoms with Crippen LogP contribution in [-0.4, -0.2) is 47.9 Å². The van der Waals surface area contributed by atoms with Crippen molar-refractivity contribution >= 4 is 28.5 Å². The Bertz CT molecular complexity index is 559. The van der Waals surface area contributed by atoms with E-state index in [0.717, 1.165) is 29.9 Å². The van der Waals surface area contributed by atoms with Gasteiger partial charge in [0.15, 0.2) is 5.78 Å². The number of Topliss-reactive ketones (excluding diaryl/α,β-unsaturated/α-hetero) is 1. The van der Waals surface area contributed by atoms with Gasteiger partial charge in [-0.25, -0.2) is 11.4 Å². The van der Waals surface area contributed by atoms with E-state index < -0.39 is 0 Å². The molecule has 2 unspecified atom stereocenters. The van der Waals surface area contributed by atoms with Crippen LogP contribution in [0.4, 0.5) is 0 Å². The minimum absolute atomic E-state index is 0.0226. The maximum absolute atomic E-state index is 12.2. The summed E-state index contributed by atoms with van der Waals surface area (Å²) in [6, 6.07) is 9.66. The van der Waals surface area contributed by atoms with Gasteiger partial charge < -0.3 is 4.74 Å². The quantitative estimate of drug-likeness (QED) is 0.471. The lowest BCUT2D eigenvalue weighted by Crippen LogP contribution is -2.30. The Morgan fingerprint density at radius 1 is 1.30 bits per heavy atom. The Morgan fingerprint density at radius 2 is 2.04 bits per heavy atom. The molecule has 0 spiro atoms. The lowest BCUT2D eigenvalue weighted by Gasteiger charge is -2.14. The van der Waals surface area contributed by atoms with E-state index in [-0.39, 0.29) is 24.2 Å². The predicted molar refractivity (Wildman–Crippen MR) is 95.9 cm³/mol. The molecule has 5 heteroatoms. The number of carbonyl (C=O) groups excluding carboxylic acids is 2. The average molecular weight is 335 g/mol. The molecule has 0 aliphatic carbocycles. The number of hydrogen-bond acceptors (Lipinski definition) is 4. The summed E-state index contributed by atoms with van der Waals surface area (Å²) >= 11 is 0.994. The molecule has 0 aromatic heterocycles. The molecular formula is C18H25NO3S. The highest BCUT2D eigenvalue weighted by atomic mass is 32.1. The summed E-state index contributed by atoms with van der Waals surface area (Å²) in [4.78, 5) is 26.2. The number of ketones is 1. The van der Waals surface area contributed by atoms with Crippen LogP contribution in [0, 0.1) is 11.8 Å². The van der Waals surface area contributed by atoms with Gasteiger partial charge in [-0.15, -0.1) is 0 Å². The van der Waals surface area contributed by atoms with E-state index in [1.165, 1.54) is 0 Å². The first-order valence-electron chi connectivity index (χ1n) is 8.02. The maximum atomic E-state index is 12.2. The highest BCUT2D eigenvalue weighted by molar-refractivity contribution is 7.98. The van der Waals surface area contributed by atoms with Crippen LogP contribution in [0.1, 0.15) is 18.9 Å². The zero-order valence-electron chi connectivity index (χ0n) is 13.8. The van der Waals surface area contributed by atoms with Crippen molar-refractivity contribution in [2.75, 3.05) is 25.9 Å². The largest absolute Gasteiger partial charge is 0.460 e. The summed E-state index contributed by atoms with van der Waals surface area (Å²) in [7, 11) is 0. The van der Waals surface area contributed by atoms with E-state index in [9.17, 15) is 9.59 Å². The van der Waals surface area contributed by atoms with Gasteiger partial charge >= 0.3 is 5.97 Å². The first-order valence-corrected chi connectivity index (χ1v) is 9.43. The number of thiol groups is 1. The summed E-state index contributed by atoms with van der Waals surface area (Å²) in [5.74, 6) is 0.340. The van der Waals surface area contributed by atoms with E-state index in [2.05, 4.69) is 6.92 Å². The van der Waals surface area contributed by atoms with Crippen molar-refractivity contribution in [3.63, 3.8) is 0 Å². The molecule has 1 heterocycles. The Labute approximate surface area is 141 Å². The van der Waals surface area contributed by atoms with Crippen LogP contribution >= 0.6 is 11.4 Å². The fraction of sp³-hybridized carbons (Fsp3) is 0.500. The van der Waals surface area contributed by atoms with Crippen LogP contribution in [-0.2, 0) is 20.9 Å². The Balaban J connectivity index is 1.83. The van der Waals surface area contributed by atoms with Gasteiger partial charge in [0.1, 0.15) is 6.61 Å². The van der Waals surface area contributed by atoms with Crippen LogP contribution in [0.2, 0.25) is 0 Å². The van der Waals surface area contributed by atoms with E-state index in [4.69, 9.17) is 4.74 Å². The number of rotatable bonds is 7. The predicted octanol–water partition coefficient (Wildman–Crippen LogP) is 2.15. The number of benzene rings is 1. The lowest BCUT2D eigenvalue weighted by molar-refractivity contribution is -0.146. The molecule has 0 saturated carbocycles. The molecule has 2 atom stereocenters. The van der Waals surface area contributed by atoms with Gasteiger partial charge in [-0.2, -0.15) is 0 Å². The molecule has 2 rings (SSSR count). The molecule has 126 valence electrons. The van der Waals surface area contributed by atoms with Gasteiger partial charge in [0.2, 0.25) is 0 Å². The Morgan fingerprint density at radius 3 is 2.70 bits per heavy atom. The summed E-state index contributed by atoms with van der Waals surface area (Å²) in [5.41, 5.74) is 0.985. The van der Waals surface area contributed by atoms with E-state index in [0.29, 0.717) is 19.1 Å². The molecule has 23 heavy (non-hydrogen) atoms. The SMILES string of the molecule is CCC1CN(CC(=O)OCc2ccccc2)CC1C(=O)/C=[SH]/C. The van der Waals surface area contributed by atoms with Crippen LogP contribution in [0.25, 0.3) is 0 Å². The second kappa shape index (κ2) is 8.99. The number of likely N-dealkylation sites (tertiary alicyclic amines) is 1. The number of hydrogen-bond donors (Lipinski definition) is 1. The van der Waals surface area contributed by atoms with Crippen LogP contribution < -0.4 is 0 Å². The average Bonchev–Trinajstić information content (AvgIpc) is 2.97. The second-order valence-corrected chi connectivity index (χ2v) is 6.68. The Kier molecular flexibility index (Phi) is 6.99. The van der Waals surface area contributed by atoms with Crippen molar-refractivity contribution in [1.29, 1.82) is 0 Å². The number of nitrogens with zero attached hydrogens (tertiary/aromatic N) is 1. The third-order valence-electron chi connectivity index (χ3n) is 4.26. The topological polar surface area (TPSA) is 46.6 Å². The van der Waals surface area contributed by atoms with Crippen molar-refractivity contribution in [3.05, 3.63) is 35.9 Å². The van der Waals surface area contributed by atoms with Crippen molar-refractivity contribution in [2.45, 2.75) is 20.0 Å². The molecule has 0 radical (unpaired) electrons. The second-order valence-electron chi connectivity index (χ2n) is 5.90. The minimum Gasteiger partial charge on any atom is -0.460 e. The molecule has 1 aliphatic heterocycles. The lowest BCUT2D eigenvalue weighted by atomic mass is 9.91. The van der Waals surface area contributed by atoms with Gasteiger partial charge in [-0.05, 0) is 17.7 Å². The van der Waals surface area contributed by atoms with Crippen molar-refractivity contribution < 1.29 is 14.3 Å². The van der Waals surface area contributed by atoms with Crippen molar-refractivity contribution in [3.8, 4) is 0 Å². The van der Waals surface area contributed by atoms with Gasteiger partial charge in [-0.1, -0.05) is 43.7 Å². The minimum atomic E-state index is -0.227. The summed E-state index contributed by atoms with van der Waals surface area (Å²) in [6.45, 7) is 4.12. The summed E-state index contributed by atoms with van der Waals surface area (Å²) in [6.07, 6.45) is 2.91. The van der Waals surface area contributed by atoms with E-state index in [1.54, 1.807) is 5.37 Å². The molecule has 1 saturated heterocycles. The normalized spacial score (nSPS) is 22.0. The summed E-state index contributed by atoms with van der Waals surface area (Å²) < 4.78 is 5.33. The number of esters is 1. The standard InChI is InChI=1S/C18H25NO3S/c1-3-15-9-19(10-16(15)17(20)13-23-2)11-18(21)22-12-14-7-5-4-6-8-14/h4-8,13,15-16,23H,3,9-12H2,1-2H3. The monoisotopic (exact) mass is 335 g/mol. The molecule has 1 aliphatic rings. The van der Waals surface area contributed by atoms with Gasteiger partial charge in [0, 0.05) is 24.4 Å². The zero-order chi connectivity index (χ0) is 16.7. The first-order chi connectivity index (χ1) is 11.1. The Hall–Kier alpha value is -1.46. The fourth-order valence-electron chi connectivity index (χ4n) is 3.01. The first kappa shape index (κ1) is 17.9. The number of ether oxygens (including phenoxy) is 1. The molecule has 1 fully saturated rings. The van der Waals surface area contributed by atoms with Gasteiger partial charge in [0.05, 0.1) is 6.54 Å². The molecule has 0 bridgehead atoms. The maximum Gasteiger partial charge on any atom is 0.320 e. The fourth-order valence-corrected chi connectivity index (χ4v) is 3.46. The zero-order valence-corrected chi connectivity index (χ0v) is 14.7. The van der Waals surface area contributed by atoms with Crippen LogP contribution in [0.5, 0.6) is 0 Å². The highest BCUT2D eigenvalue weighted by Gasteiger charge is 2.36. The molecule has 0 N–H and O–H groups in total. The molecule has 1 aromatic carbocycles. The number of carbonyl (C=O) groups is 2. The molecule has 1 aromatic rings. The van der Waals surface area contributed by atoms with Crippen molar-refractivity contribution in [2.24, 2.45) is 11.8 Å². The van der Waals surface area contributed by atoms with E-state index in [1.807, 2.05) is 41.5 Å². The van der Waals surface area contributed by atoms with Gasteiger partial charge in [-0.3, -0.25) is 14.5 Å². The smallest absolute Gasteiger partial charge is 0.320 e. The summed E-state index contributed by atoms with van der Waals surface area (Å²) in [5, 5.41) is 1.74. The van der Waals surface area contributed by atoms with Crippen LogP contribution in [0.15, 0.2) is 30.3 Å². The van der Waals surface area contributed by atoms with Crippen molar-refractivity contribution in [1.82, 2.24) is 4.90 Å². The van der Waals surface area contributed by atoms with Crippen LogP contribution in [0.3, 0.4) is 0 Å². The molecule has 0 amide bonds. The molecule has 4 nitrogen and oxygen atoms in total. The van der Waals surface area contributed by atoms with E-state index >= 15 is 0 Å². The highest BCUT2D eigenvalue weighted by Crippen LogP contribution is 2.26. The third kappa shape index (κ3) is 5.29. The third-order valence-corrected chi connectivity index (χ3v) is 4.77. The van der Waals surface area contributed by atoms with Gasteiger partial charge in [0.25, 0.3) is 0 Å². The molecular weight excluding hydrogens is 310 g/mol.